The van der Waals surface area contributed by atoms with Crippen molar-refractivity contribution in [3.05, 3.63) is 140 Å². The van der Waals surface area contributed by atoms with Crippen molar-refractivity contribution in [2.75, 3.05) is 0 Å². The van der Waals surface area contributed by atoms with Crippen LogP contribution in [0.15, 0.2) is 144 Å². The highest BCUT2D eigenvalue weighted by molar-refractivity contribution is 7.27. The molecule has 9 rings (SSSR count). The first-order chi connectivity index (χ1) is 20.4. The number of nitrogens with zero attached hydrogens (tertiary/aromatic N) is 1. The van der Waals surface area contributed by atoms with Crippen LogP contribution in [0.1, 0.15) is 0 Å². The van der Waals surface area contributed by atoms with Gasteiger partial charge in [-0.15, -0.1) is 11.3 Å². The summed E-state index contributed by atoms with van der Waals surface area (Å²) in [6.07, 6.45) is 0. The molecule has 0 saturated carbocycles. The normalized spacial score (nSPS) is 11.9. The van der Waals surface area contributed by atoms with Crippen LogP contribution in [0, 0.1) is 0 Å². The number of fused-ring (bicyclic) bond motifs is 8. The molecule has 0 bridgehead atoms. The van der Waals surface area contributed by atoms with Crippen LogP contribution in [-0.4, -0.2) is 4.57 Å². The van der Waals surface area contributed by atoms with Gasteiger partial charge in [-0.3, -0.25) is 0 Å². The molecule has 3 aromatic heterocycles. The summed E-state index contributed by atoms with van der Waals surface area (Å²) in [7, 11) is 0. The summed E-state index contributed by atoms with van der Waals surface area (Å²) >= 11 is 1.90. The molecule has 0 amide bonds. The Morgan fingerprint density at radius 3 is 1.93 bits per heavy atom. The van der Waals surface area contributed by atoms with Crippen LogP contribution >= 0.6 is 11.3 Å². The Morgan fingerprint density at radius 2 is 1.05 bits per heavy atom. The summed E-state index contributed by atoms with van der Waals surface area (Å²) in [5, 5.41) is 4.89. The molecule has 0 spiro atoms. The van der Waals surface area contributed by atoms with Gasteiger partial charge in [0, 0.05) is 37.5 Å². The summed E-state index contributed by atoms with van der Waals surface area (Å²) < 4.78 is 11.3. The summed E-state index contributed by atoms with van der Waals surface area (Å²) in [4.78, 5) is 0. The van der Waals surface area contributed by atoms with Gasteiger partial charge in [-0.05, 0) is 47.0 Å². The van der Waals surface area contributed by atoms with Crippen LogP contribution in [0.3, 0.4) is 0 Å². The number of hydrogen-bond donors (Lipinski definition) is 0. The molecule has 6 aromatic carbocycles. The van der Waals surface area contributed by atoms with E-state index in [-0.39, 0.29) is 0 Å². The lowest BCUT2D eigenvalue weighted by molar-refractivity contribution is 0.669. The Kier molecular flexibility index (Phi) is 4.80. The maximum Gasteiger partial charge on any atom is 0.136 e. The van der Waals surface area contributed by atoms with E-state index in [0.29, 0.717) is 0 Å². The quantitative estimate of drug-likeness (QED) is 0.217. The van der Waals surface area contributed by atoms with Crippen molar-refractivity contribution < 1.29 is 4.42 Å². The van der Waals surface area contributed by atoms with E-state index in [1.165, 1.54) is 64.5 Å². The second kappa shape index (κ2) is 8.69. The fourth-order valence-electron chi connectivity index (χ4n) is 6.50. The Balaban J connectivity index is 1.36. The zero-order valence-electron chi connectivity index (χ0n) is 22.0. The molecule has 0 atom stereocenters. The largest absolute Gasteiger partial charge is 0.456 e. The van der Waals surface area contributed by atoms with Crippen LogP contribution in [0.5, 0.6) is 0 Å². The number of thiophene rings is 1. The zero-order chi connectivity index (χ0) is 26.9. The van der Waals surface area contributed by atoms with Crippen molar-refractivity contribution >= 4 is 64.5 Å². The average Bonchev–Trinajstić information content (AvgIpc) is 3.70. The lowest BCUT2D eigenvalue weighted by Crippen LogP contribution is -1.93. The van der Waals surface area contributed by atoms with Gasteiger partial charge in [-0.2, -0.15) is 0 Å². The molecule has 0 aliphatic rings. The first-order valence-electron chi connectivity index (χ1n) is 13.9. The van der Waals surface area contributed by atoms with Crippen molar-refractivity contribution in [1.82, 2.24) is 4.57 Å². The van der Waals surface area contributed by atoms with Gasteiger partial charge in [-0.25, -0.2) is 0 Å². The molecule has 3 heterocycles. The predicted octanol–water partition coefficient (Wildman–Crippen LogP) is 11.2. The van der Waals surface area contributed by atoms with Crippen molar-refractivity contribution in [3.8, 4) is 27.9 Å². The second-order valence-electron chi connectivity index (χ2n) is 10.5. The average molecular weight is 542 g/mol. The fraction of sp³-hybridized carbons (Fsp3) is 0. The van der Waals surface area contributed by atoms with Crippen LogP contribution < -0.4 is 0 Å². The first-order valence-corrected chi connectivity index (χ1v) is 14.7. The van der Waals surface area contributed by atoms with Crippen molar-refractivity contribution in [2.45, 2.75) is 0 Å². The topological polar surface area (TPSA) is 18.1 Å². The molecular formula is C38H23NOS. The molecule has 0 unspecified atom stereocenters. The summed E-state index contributed by atoms with van der Waals surface area (Å²) in [5.41, 5.74) is 10.4. The molecule has 0 saturated heterocycles. The highest BCUT2D eigenvalue weighted by Gasteiger charge is 2.21. The fourth-order valence-corrected chi connectivity index (χ4v) is 7.85. The van der Waals surface area contributed by atoms with Gasteiger partial charge in [0.15, 0.2) is 0 Å². The standard InChI is InChI=1S/C38H23NOS/c1-2-12-24(13-3-1)39-32-21-8-6-16-29(32)38-36(39)31-20-10-19-28(37(31)41-38)26-15-5-4-14-25(26)27-18-11-23-34-35(27)30-17-7-9-22-33(30)40-34/h1-23H. The van der Waals surface area contributed by atoms with Crippen molar-refractivity contribution in [2.24, 2.45) is 0 Å². The Labute approximate surface area is 240 Å². The van der Waals surface area contributed by atoms with Gasteiger partial charge in [0.05, 0.1) is 15.7 Å². The van der Waals surface area contributed by atoms with E-state index >= 15 is 0 Å². The van der Waals surface area contributed by atoms with Gasteiger partial charge in [0.2, 0.25) is 0 Å². The van der Waals surface area contributed by atoms with Crippen LogP contribution in [0.4, 0.5) is 0 Å². The zero-order valence-corrected chi connectivity index (χ0v) is 22.9. The van der Waals surface area contributed by atoms with E-state index < -0.39 is 0 Å². The number of benzene rings is 6. The highest BCUT2D eigenvalue weighted by atomic mass is 32.1. The molecule has 9 aromatic rings. The molecule has 192 valence electrons. The number of para-hydroxylation sites is 3. The van der Waals surface area contributed by atoms with E-state index in [0.717, 1.165) is 16.6 Å². The molecule has 0 N–H and O–H groups in total. The maximum absolute atomic E-state index is 6.26. The number of rotatable bonds is 3. The summed E-state index contributed by atoms with van der Waals surface area (Å²) in [6, 6.07) is 49.8. The molecular weight excluding hydrogens is 518 g/mol. The van der Waals surface area contributed by atoms with E-state index in [4.69, 9.17) is 4.42 Å². The van der Waals surface area contributed by atoms with Gasteiger partial charge >= 0.3 is 0 Å². The molecule has 0 fully saturated rings. The van der Waals surface area contributed by atoms with Gasteiger partial charge in [0.1, 0.15) is 11.2 Å². The lowest BCUT2D eigenvalue weighted by atomic mass is 9.91. The molecule has 41 heavy (non-hydrogen) atoms. The Morgan fingerprint density at radius 1 is 0.439 bits per heavy atom. The number of aromatic nitrogens is 1. The monoisotopic (exact) mass is 541 g/mol. The number of hydrogen-bond acceptors (Lipinski definition) is 2. The van der Waals surface area contributed by atoms with Crippen LogP contribution in [0.2, 0.25) is 0 Å². The van der Waals surface area contributed by atoms with Crippen LogP contribution in [-0.2, 0) is 0 Å². The van der Waals surface area contributed by atoms with E-state index in [9.17, 15) is 0 Å². The molecule has 0 aliphatic carbocycles. The molecule has 3 heteroatoms. The minimum absolute atomic E-state index is 0.918. The SMILES string of the molecule is c1ccc(-n2c3ccccc3c3sc4c(-c5ccccc5-c5cccc6oc7ccccc7c56)cccc4c32)cc1. The van der Waals surface area contributed by atoms with Gasteiger partial charge in [0.25, 0.3) is 0 Å². The third-order valence-corrected chi connectivity index (χ3v) is 9.49. The van der Waals surface area contributed by atoms with Crippen molar-refractivity contribution in [1.29, 1.82) is 0 Å². The minimum atomic E-state index is 0.918. The third-order valence-electron chi connectivity index (χ3n) is 8.23. The summed E-state index contributed by atoms with van der Waals surface area (Å²) in [5.74, 6) is 0. The second-order valence-corrected chi connectivity index (χ2v) is 11.5. The lowest BCUT2D eigenvalue weighted by Gasteiger charge is -2.13. The smallest absolute Gasteiger partial charge is 0.136 e. The molecule has 0 radical (unpaired) electrons. The van der Waals surface area contributed by atoms with Crippen LogP contribution in [0.25, 0.3) is 81.1 Å². The van der Waals surface area contributed by atoms with E-state index in [1.807, 2.05) is 17.4 Å². The first kappa shape index (κ1) is 22.7. The predicted molar refractivity (Wildman–Crippen MR) is 174 cm³/mol. The van der Waals surface area contributed by atoms with E-state index in [2.05, 4.69) is 138 Å². The van der Waals surface area contributed by atoms with Gasteiger partial charge < -0.3 is 8.98 Å². The molecule has 0 aliphatic heterocycles. The van der Waals surface area contributed by atoms with Gasteiger partial charge in [-0.1, -0.05) is 109 Å². The Bertz CT molecular complexity index is 2420. The molecule has 2 nitrogen and oxygen atoms in total. The summed E-state index contributed by atoms with van der Waals surface area (Å²) in [6.45, 7) is 0. The Hall–Kier alpha value is -5.12. The third kappa shape index (κ3) is 3.24. The highest BCUT2D eigenvalue weighted by Crippen LogP contribution is 2.47. The minimum Gasteiger partial charge on any atom is -0.456 e. The van der Waals surface area contributed by atoms with E-state index in [1.54, 1.807) is 0 Å². The maximum atomic E-state index is 6.26. The number of furan rings is 1. The van der Waals surface area contributed by atoms with Crippen molar-refractivity contribution in [3.63, 3.8) is 0 Å².